The van der Waals surface area contributed by atoms with Crippen LogP contribution in [-0.4, -0.2) is 22.2 Å². The Morgan fingerprint density at radius 3 is 3.05 bits per heavy atom. The molecule has 0 unspecified atom stereocenters. The van der Waals surface area contributed by atoms with Crippen LogP contribution in [0.3, 0.4) is 0 Å². The van der Waals surface area contributed by atoms with Gasteiger partial charge in [-0.2, -0.15) is 0 Å². The number of amides is 1. The summed E-state index contributed by atoms with van der Waals surface area (Å²) in [7, 11) is 2.00. The molecule has 5 heteroatoms. The summed E-state index contributed by atoms with van der Waals surface area (Å²) in [6.07, 6.45) is 7.52. The maximum Gasteiger partial charge on any atom is 0.224 e. The van der Waals surface area contributed by atoms with Gasteiger partial charge in [0.05, 0.1) is 12.6 Å². The lowest BCUT2D eigenvalue weighted by atomic mass is 10.1. The number of rotatable bonds is 6. The molecule has 0 bridgehead atoms. The van der Waals surface area contributed by atoms with Crippen molar-refractivity contribution in [2.45, 2.75) is 19.3 Å². The van der Waals surface area contributed by atoms with Crippen LogP contribution < -0.4 is 5.32 Å². The Morgan fingerprint density at radius 2 is 2.23 bits per heavy atom. The summed E-state index contributed by atoms with van der Waals surface area (Å²) in [5.74, 6) is 0.0571. The fourth-order valence-electron chi connectivity index (χ4n) is 2.67. The van der Waals surface area contributed by atoms with Crippen LogP contribution in [-0.2, 0) is 24.7 Å². The number of hydrogen-bond donors (Lipinski definition) is 1. The van der Waals surface area contributed by atoms with Gasteiger partial charge in [-0.25, -0.2) is 0 Å². The molecule has 0 saturated carbocycles. The number of carbonyl (C=O) groups is 1. The number of para-hydroxylation sites is 1. The van der Waals surface area contributed by atoms with Crippen molar-refractivity contribution in [3.05, 3.63) is 54.0 Å². The normalized spacial score (nSPS) is 11.0. The van der Waals surface area contributed by atoms with Gasteiger partial charge in [0.15, 0.2) is 0 Å². The van der Waals surface area contributed by atoms with E-state index in [-0.39, 0.29) is 5.91 Å². The number of nitrogens with zero attached hydrogens (tertiary/aromatic N) is 2. The summed E-state index contributed by atoms with van der Waals surface area (Å²) in [5.41, 5.74) is 3.27. The van der Waals surface area contributed by atoms with E-state index in [1.807, 2.05) is 25.4 Å². The molecule has 0 spiro atoms. The first-order chi connectivity index (χ1) is 10.7. The lowest BCUT2D eigenvalue weighted by Gasteiger charge is -2.04. The molecule has 0 aliphatic heterocycles. The Bertz CT molecular complexity index is 759. The zero-order valence-electron chi connectivity index (χ0n) is 12.6. The fourth-order valence-corrected chi connectivity index (χ4v) is 2.67. The first kappa shape index (κ1) is 14.4. The molecule has 0 saturated heterocycles. The molecule has 0 radical (unpaired) electrons. The van der Waals surface area contributed by atoms with Crippen molar-refractivity contribution >= 4 is 16.8 Å². The minimum atomic E-state index is 0.0571. The summed E-state index contributed by atoms with van der Waals surface area (Å²) in [6, 6.07) is 8.14. The van der Waals surface area contributed by atoms with E-state index in [0.29, 0.717) is 13.0 Å². The third kappa shape index (κ3) is 3.19. The molecular weight excluding hydrogens is 278 g/mol. The number of hydrogen-bond acceptors (Lipinski definition) is 3. The average Bonchev–Trinajstić information content (AvgIpc) is 3.13. The third-order valence-corrected chi connectivity index (χ3v) is 3.78. The average molecular weight is 297 g/mol. The summed E-state index contributed by atoms with van der Waals surface area (Å²) in [4.78, 5) is 12.1. The second-order valence-corrected chi connectivity index (χ2v) is 5.45. The molecule has 0 aliphatic carbocycles. The first-order valence-corrected chi connectivity index (χ1v) is 7.42. The van der Waals surface area contributed by atoms with Gasteiger partial charge < -0.3 is 14.4 Å². The molecule has 1 N–H and O–H groups in total. The van der Waals surface area contributed by atoms with E-state index in [9.17, 15) is 4.79 Å². The molecule has 5 nitrogen and oxygen atoms in total. The highest BCUT2D eigenvalue weighted by atomic mass is 16.5. The van der Waals surface area contributed by atoms with Crippen LogP contribution in [0.1, 0.15) is 17.5 Å². The highest BCUT2D eigenvalue weighted by Gasteiger charge is 2.09. The van der Waals surface area contributed by atoms with Crippen molar-refractivity contribution in [1.29, 1.82) is 0 Å². The lowest BCUT2D eigenvalue weighted by molar-refractivity contribution is -0.120. The van der Waals surface area contributed by atoms with Crippen molar-refractivity contribution in [2.24, 2.45) is 7.05 Å². The van der Waals surface area contributed by atoms with Gasteiger partial charge in [-0.15, -0.1) is 0 Å². The Morgan fingerprint density at radius 1 is 1.36 bits per heavy atom. The van der Waals surface area contributed by atoms with Crippen LogP contribution in [0, 0.1) is 0 Å². The standard InChI is InChI=1S/C17H19N3O2/c1-20-11-14(15-6-2-3-7-16(15)20)9-17(21)18-8-4-5-13-10-19-22-12-13/h2-3,6-7,10-12H,4-5,8-9H2,1H3,(H,18,21). The van der Waals surface area contributed by atoms with Gasteiger partial charge >= 0.3 is 0 Å². The quantitative estimate of drug-likeness (QED) is 0.711. The minimum Gasteiger partial charge on any atom is -0.364 e. The van der Waals surface area contributed by atoms with E-state index < -0.39 is 0 Å². The van der Waals surface area contributed by atoms with Crippen LogP contribution >= 0.6 is 0 Å². The van der Waals surface area contributed by atoms with E-state index >= 15 is 0 Å². The number of aromatic nitrogens is 2. The monoisotopic (exact) mass is 297 g/mol. The summed E-state index contributed by atoms with van der Waals surface area (Å²) >= 11 is 0. The maximum atomic E-state index is 12.1. The smallest absolute Gasteiger partial charge is 0.224 e. The predicted molar refractivity (Wildman–Crippen MR) is 84.5 cm³/mol. The van der Waals surface area contributed by atoms with Gasteiger partial charge in [-0.1, -0.05) is 23.4 Å². The van der Waals surface area contributed by atoms with E-state index in [0.717, 1.165) is 34.9 Å². The molecule has 1 amide bonds. The topological polar surface area (TPSA) is 60.1 Å². The maximum absolute atomic E-state index is 12.1. The lowest BCUT2D eigenvalue weighted by Crippen LogP contribution is -2.26. The highest BCUT2D eigenvalue weighted by molar-refractivity contribution is 5.89. The van der Waals surface area contributed by atoms with Crippen molar-refractivity contribution in [3.8, 4) is 0 Å². The summed E-state index contributed by atoms with van der Waals surface area (Å²) in [6.45, 7) is 0.661. The second kappa shape index (κ2) is 6.47. The Kier molecular flexibility index (Phi) is 4.23. The molecule has 3 aromatic rings. The predicted octanol–water partition coefficient (Wildman–Crippen LogP) is 2.46. The molecule has 2 heterocycles. The van der Waals surface area contributed by atoms with E-state index in [4.69, 9.17) is 4.52 Å². The molecule has 0 aliphatic rings. The first-order valence-electron chi connectivity index (χ1n) is 7.42. The van der Waals surface area contributed by atoms with Gasteiger partial charge in [0.2, 0.25) is 5.91 Å². The van der Waals surface area contributed by atoms with Crippen LogP contribution in [0.15, 0.2) is 47.4 Å². The van der Waals surface area contributed by atoms with E-state index in [1.165, 1.54) is 0 Å². The molecule has 3 rings (SSSR count). The molecule has 0 atom stereocenters. The molecule has 1 aromatic carbocycles. The van der Waals surface area contributed by atoms with Crippen LogP contribution in [0.5, 0.6) is 0 Å². The van der Waals surface area contributed by atoms with Crippen molar-refractivity contribution < 1.29 is 9.32 Å². The molecular formula is C17H19N3O2. The molecule has 22 heavy (non-hydrogen) atoms. The van der Waals surface area contributed by atoms with Gasteiger partial charge in [0, 0.05) is 36.3 Å². The van der Waals surface area contributed by atoms with Gasteiger partial charge in [0.1, 0.15) is 6.26 Å². The van der Waals surface area contributed by atoms with Gasteiger partial charge in [-0.05, 0) is 24.5 Å². The molecule has 114 valence electrons. The van der Waals surface area contributed by atoms with Crippen molar-refractivity contribution in [1.82, 2.24) is 15.0 Å². The molecule has 2 aromatic heterocycles. The van der Waals surface area contributed by atoms with Crippen LogP contribution in [0.25, 0.3) is 10.9 Å². The fraction of sp³-hybridized carbons (Fsp3) is 0.294. The zero-order chi connectivity index (χ0) is 15.4. The number of nitrogens with one attached hydrogen (secondary N) is 1. The minimum absolute atomic E-state index is 0.0571. The van der Waals surface area contributed by atoms with Crippen LogP contribution in [0.4, 0.5) is 0 Å². The number of aryl methyl sites for hydroxylation is 2. The summed E-state index contributed by atoms with van der Waals surface area (Å²) < 4.78 is 6.83. The van der Waals surface area contributed by atoms with E-state index in [1.54, 1.807) is 12.5 Å². The summed E-state index contributed by atoms with van der Waals surface area (Å²) in [5, 5.41) is 7.77. The van der Waals surface area contributed by atoms with Crippen molar-refractivity contribution in [3.63, 3.8) is 0 Å². The SMILES string of the molecule is Cn1cc(CC(=O)NCCCc2cnoc2)c2ccccc21. The van der Waals surface area contributed by atoms with Crippen LogP contribution in [0.2, 0.25) is 0 Å². The number of fused-ring (bicyclic) bond motifs is 1. The largest absolute Gasteiger partial charge is 0.364 e. The third-order valence-electron chi connectivity index (χ3n) is 3.78. The van der Waals surface area contributed by atoms with E-state index in [2.05, 4.69) is 27.2 Å². The molecule has 0 fully saturated rings. The Hall–Kier alpha value is -2.56. The zero-order valence-corrected chi connectivity index (χ0v) is 12.6. The van der Waals surface area contributed by atoms with Gasteiger partial charge in [0.25, 0.3) is 0 Å². The highest BCUT2D eigenvalue weighted by Crippen LogP contribution is 2.20. The Labute approximate surface area is 128 Å². The number of benzene rings is 1. The second-order valence-electron chi connectivity index (χ2n) is 5.45. The number of carbonyl (C=O) groups excluding carboxylic acids is 1. The Balaban J connectivity index is 1.52. The van der Waals surface area contributed by atoms with Gasteiger partial charge in [-0.3, -0.25) is 4.79 Å². The van der Waals surface area contributed by atoms with Crippen molar-refractivity contribution in [2.75, 3.05) is 6.54 Å².